The molecule has 1 fully saturated rings. The van der Waals surface area contributed by atoms with Crippen molar-refractivity contribution in [3.63, 3.8) is 0 Å². The van der Waals surface area contributed by atoms with E-state index in [4.69, 9.17) is 16.3 Å². The Hall–Kier alpha value is -2.41. The summed E-state index contributed by atoms with van der Waals surface area (Å²) in [5, 5.41) is 3.85. The van der Waals surface area contributed by atoms with Crippen molar-refractivity contribution in [1.82, 2.24) is 19.9 Å². The maximum Gasteiger partial charge on any atom is 0.410 e. The van der Waals surface area contributed by atoms with Crippen molar-refractivity contribution in [3.8, 4) is 11.3 Å². The van der Waals surface area contributed by atoms with Crippen LogP contribution in [0.4, 0.5) is 10.7 Å². The van der Waals surface area contributed by atoms with E-state index in [1.54, 1.807) is 30.5 Å². The molecule has 0 spiro atoms. The molecule has 0 saturated heterocycles. The Kier molecular flexibility index (Phi) is 6.03. The predicted octanol–water partition coefficient (Wildman–Crippen LogP) is 4.39. The van der Waals surface area contributed by atoms with Gasteiger partial charge in [-0.15, -0.1) is 0 Å². The predicted molar refractivity (Wildman–Crippen MR) is 109 cm³/mol. The van der Waals surface area contributed by atoms with Gasteiger partial charge in [0.2, 0.25) is 5.95 Å². The molecule has 0 radical (unpaired) electrons. The number of ether oxygens (including phenoxy) is 1. The van der Waals surface area contributed by atoms with Crippen molar-refractivity contribution in [2.24, 2.45) is 0 Å². The van der Waals surface area contributed by atoms with Crippen LogP contribution in [-0.2, 0) is 4.74 Å². The summed E-state index contributed by atoms with van der Waals surface area (Å²) in [6.07, 6.45) is 7.36. The van der Waals surface area contributed by atoms with Crippen LogP contribution in [0.2, 0.25) is 5.02 Å². The molecule has 7 nitrogen and oxygen atoms in total. The molecule has 0 aliphatic heterocycles. The maximum atomic E-state index is 12.3. The molecular formula is C20H26ClN5O2. The van der Waals surface area contributed by atoms with Crippen LogP contribution in [-0.4, -0.2) is 50.7 Å². The van der Waals surface area contributed by atoms with E-state index in [1.807, 2.05) is 32.9 Å². The molecule has 28 heavy (non-hydrogen) atoms. The molecular weight excluding hydrogens is 378 g/mol. The number of rotatable bonds is 4. The molecule has 1 N–H and O–H groups in total. The summed E-state index contributed by atoms with van der Waals surface area (Å²) in [6.45, 7) is 5.61. The van der Waals surface area contributed by atoms with Gasteiger partial charge in [-0.1, -0.05) is 11.6 Å². The molecule has 2 unspecified atom stereocenters. The van der Waals surface area contributed by atoms with Gasteiger partial charge in [0.25, 0.3) is 0 Å². The van der Waals surface area contributed by atoms with E-state index in [1.165, 1.54) is 0 Å². The van der Waals surface area contributed by atoms with Crippen molar-refractivity contribution in [2.45, 2.75) is 57.7 Å². The number of carbonyl (C=O) groups excluding carboxylic acids is 1. The molecule has 3 rings (SSSR count). The highest BCUT2D eigenvalue weighted by Gasteiger charge is 2.32. The first kappa shape index (κ1) is 20.3. The first-order valence-electron chi connectivity index (χ1n) is 9.38. The summed E-state index contributed by atoms with van der Waals surface area (Å²) < 4.78 is 5.46. The zero-order chi connectivity index (χ0) is 20.3. The minimum absolute atomic E-state index is 0.123. The summed E-state index contributed by atoms with van der Waals surface area (Å²) in [5.41, 5.74) is 0.987. The molecule has 1 aliphatic carbocycles. The second kappa shape index (κ2) is 8.31. The lowest BCUT2D eigenvalue weighted by atomic mass is 10.2. The third-order valence-electron chi connectivity index (χ3n) is 4.65. The second-order valence-electron chi connectivity index (χ2n) is 8.03. The summed E-state index contributed by atoms with van der Waals surface area (Å²) in [4.78, 5) is 27.0. The molecule has 1 amide bonds. The molecule has 1 aliphatic rings. The van der Waals surface area contributed by atoms with E-state index in [-0.39, 0.29) is 18.2 Å². The standard InChI is InChI=1S/C20H26ClN5O2/c1-20(2,3)28-19(27)26(4)15-8-7-14(10-15)24-18-23-12-16(21)17(25-18)13-6-5-9-22-11-13/h5-6,9,11-12,14-15H,7-8,10H2,1-4H3,(H,23,24,25). The van der Waals surface area contributed by atoms with Gasteiger partial charge in [-0.25, -0.2) is 14.8 Å². The van der Waals surface area contributed by atoms with Gasteiger partial charge in [-0.2, -0.15) is 0 Å². The molecule has 150 valence electrons. The normalized spacial score (nSPS) is 19.3. The highest BCUT2D eigenvalue weighted by molar-refractivity contribution is 6.32. The van der Waals surface area contributed by atoms with E-state index >= 15 is 0 Å². The van der Waals surface area contributed by atoms with Crippen LogP contribution in [0.1, 0.15) is 40.0 Å². The average Bonchev–Trinajstić information content (AvgIpc) is 3.10. The van der Waals surface area contributed by atoms with E-state index in [2.05, 4.69) is 20.3 Å². The monoisotopic (exact) mass is 403 g/mol. The first-order chi connectivity index (χ1) is 13.2. The van der Waals surface area contributed by atoms with Gasteiger partial charge < -0.3 is 15.0 Å². The molecule has 8 heteroatoms. The molecule has 0 bridgehead atoms. The molecule has 2 aromatic heterocycles. The van der Waals surface area contributed by atoms with Crippen LogP contribution in [0.15, 0.2) is 30.7 Å². The number of hydrogen-bond donors (Lipinski definition) is 1. The summed E-state index contributed by atoms with van der Waals surface area (Å²) >= 11 is 6.26. The largest absolute Gasteiger partial charge is 0.444 e. The van der Waals surface area contributed by atoms with E-state index in [0.29, 0.717) is 16.7 Å². The number of anilines is 1. The van der Waals surface area contributed by atoms with Gasteiger partial charge in [-0.05, 0) is 52.2 Å². The van der Waals surface area contributed by atoms with Gasteiger partial charge in [0.05, 0.1) is 16.9 Å². The van der Waals surface area contributed by atoms with Gasteiger partial charge in [0, 0.05) is 37.1 Å². The molecule has 0 aromatic carbocycles. The van der Waals surface area contributed by atoms with Crippen molar-refractivity contribution in [2.75, 3.05) is 12.4 Å². The Morgan fingerprint density at radius 3 is 2.79 bits per heavy atom. The SMILES string of the molecule is CN(C(=O)OC(C)(C)C)C1CCC(Nc2ncc(Cl)c(-c3cccnc3)n2)C1. The summed E-state index contributed by atoms with van der Waals surface area (Å²) in [5.74, 6) is 0.522. The number of aromatic nitrogens is 3. The number of pyridine rings is 1. The quantitative estimate of drug-likeness (QED) is 0.815. The number of hydrogen-bond acceptors (Lipinski definition) is 6. The van der Waals surface area contributed by atoms with Gasteiger partial charge in [0.1, 0.15) is 5.60 Å². The number of carbonyl (C=O) groups is 1. The van der Waals surface area contributed by atoms with Crippen LogP contribution in [0.25, 0.3) is 11.3 Å². The fourth-order valence-electron chi connectivity index (χ4n) is 3.25. The Morgan fingerprint density at radius 2 is 2.11 bits per heavy atom. The Labute approximate surface area is 170 Å². The van der Waals surface area contributed by atoms with Crippen molar-refractivity contribution in [3.05, 3.63) is 35.7 Å². The summed E-state index contributed by atoms with van der Waals surface area (Å²) in [6, 6.07) is 4.05. The van der Waals surface area contributed by atoms with Crippen LogP contribution in [0.3, 0.4) is 0 Å². The fourth-order valence-corrected chi connectivity index (χ4v) is 3.45. The maximum absolute atomic E-state index is 12.3. The minimum atomic E-state index is -0.499. The number of nitrogens with zero attached hydrogens (tertiary/aromatic N) is 4. The fraction of sp³-hybridized carbons (Fsp3) is 0.500. The highest BCUT2D eigenvalue weighted by Crippen LogP contribution is 2.29. The van der Waals surface area contributed by atoms with Crippen molar-refractivity contribution < 1.29 is 9.53 Å². The van der Waals surface area contributed by atoms with E-state index in [0.717, 1.165) is 24.8 Å². The number of halogens is 1. The third kappa shape index (κ3) is 5.10. The van der Waals surface area contributed by atoms with E-state index in [9.17, 15) is 4.79 Å². The van der Waals surface area contributed by atoms with Gasteiger partial charge in [0.15, 0.2) is 0 Å². The number of nitrogens with one attached hydrogen (secondary N) is 1. The minimum Gasteiger partial charge on any atom is -0.444 e. The van der Waals surface area contributed by atoms with Crippen molar-refractivity contribution >= 4 is 23.6 Å². The Balaban J connectivity index is 1.64. The zero-order valence-electron chi connectivity index (χ0n) is 16.6. The van der Waals surface area contributed by atoms with E-state index < -0.39 is 5.60 Å². The highest BCUT2D eigenvalue weighted by atomic mass is 35.5. The van der Waals surface area contributed by atoms with Crippen LogP contribution in [0.5, 0.6) is 0 Å². The van der Waals surface area contributed by atoms with Crippen LogP contribution >= 0.6 is 11.6 Å². The molecule has 1 saturated carbocycles. The topological polar surface area (TPSA) is 80.2 Å². The molecule has 2 atom stereocenters. The lowest BCUT2D eigenvalue weighted by Crippen LogP contribution is -2.40. The zero-order valence-corrected chi connectivity index (χ0v) is 17.4. The first-order valence-corrected chi connectivity index (χ1v) is 9.76. The molecule has 2 aromatic rings. The Bertz CT molecular complexity index is 825. The third-order valence-corrected chi connectivity index (χ3v) is 4.92. The number of amides is 1. The average molecular weight is 404 g/mol. The van der Waals surface area contributed by atoms with Crippen LogP contribution in [0, 0.1) is 0 Å². The molecule has 2 heterocycles. The lowest BCUT2D eigenvalue weighted by Gasteiger charge is -2.28. The Morgan fingerprint density at radius 1 is 1.32 bits per heavy atom. The van der Waals surface area contributed by atoms with Crippen molar-refractivity contribution in [1.29, 1.82) is 0 Å². The smallest absolute Gasteiger partial charge is 0.410 e. The van der Waals surface area contributed by atoms with Gasteiger partial charge in [-0.3, -0.25) is 4.98 Å². The van der Waals surface area contributed by atoms with Crippen LogP contribution < -0.4 is 5.32 Å². The lowest BCUT2D eigenvalue weighted by molar-refractivity contribution is 0.0226. The summed E-state index contributed by atoms with van der Waals surface area (Å²) in [7, 11) is 1.79. The van der Waals surface area contributed by atoms with Gasteiger partial charge >= 0.3 is 6.09 Å². The second-order valence-corrected chi connectivity index (χ2v) is 8.44.